The van der Waals surface area contributed by atoms with Crippen molar-refractivity contribution in [3.05, 3.63) is 36.9 Å². The van der Waals surface area contributed by atoms with Gasteiger partial charge in [-0.25, -0.2) is 4.79 Å². The average Bonchev–Trinajstić information content (AvgIpc) is 2.48. The van der Waals surface area contributed by atoms with Crippen molar-refractivity contribution in [1.82, 2.24) is 0 Å². The summed E-state index contributed by atoms with van der Waals surface area (Å²) < 4.78 is 10.3. The molecule has 0 saturated carbocycles. The van der Waals surface area contributed by atoms with Crippen molar-refractivity contribution in [2.75, 3.05) is 25.2 Å². The molecule has 0 radical (unpaired) electrons. The molecule has 4 heteroatoms. The van der Waals surface area contributed by atoms with E-state index in [1.807, 2.05) is 43.0 Å². The second kappa shape index (κ2) is 8.25. The van der Waals surface area contributed by atoms with Crippen LogP contribution in [0.3, 0.4) is 0 Å². The van der Waals surface area contributed by atoms with E-state index in [2.05, 4.69) is 6.58 Å². The third kappa shape index (κ3) is 4.02. The van der Waals surface area contributed by atoms with Crippen LogP contribution in [0.2, 0.25) is 0 Å². The quantitative estimate of drug-likeness (QED) is 0.541. The van der Waals surface area contributed by atoms with Crippen molar-refractivity contribution in [3.8, 4) is 5.75 Å². The van der Waals surface area contributed by atoms with Crippen molar-refractivity contribution in [3.63, 3.8) is 0 Å². The van der Waals surface area contributed by atoms with E-state index >= 15 is 0 Å². The molecule has 0 amide bonds. The number of carbonyl (C=O) groups excluding carboxylic acids is 1. The smallest absolute Gasteiger partial charge is 0.329 e. The van der Waals surface area contributed by atoms with Gasteiger partial charge in [0.05, 0.1) is 13.7 Å². The summed E-state index contributed by atoms with van der Waals surface area (Å²) in [6.45, 7) is 8.65. The molecule has 0 aliphatic heterocycles. The van der Waals surface area contributed by atoms with Crippen LogP contribution in [0.1, 0.15) is 20.3 Å². The number of hydrogen-bond donors (Lipinski definition) is 0. The van der Waals surface area contributed by atoms with Crippen LogP contribution in [-0.4, -0.2) is 32.3 Å². The molecule has 1 aromatic carbocycles. The first-order valence-electron chi connectivity index (χ1n) is 6.86. The number of benzene rings is 1. The zero-order chi connectivity index (χ0) is 15.0. The van der Waals surface area contributed by atoms with Crippen molar-refractivity contribution in [2.45, 2.75) is 26.3 Å². The number of carbonyl (C=O) groups is 1. The van der Waals surface area contributed by atoms with E-state index in [4.69, 9.17) is 9.47 Å². The Morgan fingerprint density at radius 2 is 2.00 bits per heavy atom. The van der Waals surface area contributed by atoms with E-state index in [0.29, 0.717) is 19.6 Å². The molecule has 1 atom stereocenters. The maximum absolute atomic E-state index is 12.1. The van der Waals surface area contributed by atoms with Crippen LogP contribution in [0.25, 0.3) is 0 Å². The Kier molecular flexibility index (Phi) is 6.64. The molecule has 1 aromatic rings. The number of nitrogens with zero attached hydrogens (tertiary/aromatic N) is 1. The number of methoxy groups -OCH3 is 1. The Labute approximate surface area is 121 Å². The lowest BCUT2D eigenvalue weighted by Gasteiger charge is -2.30. The maximum Gasteiger partial charge on any atom is 0.329 e. The SMILES string of the molecule is C=CCC(C(=O)OCC)N(CC)c1ccc(OC)cc1. The zero-order valence-corrected chi connectivity index (χ0v) is 12.5. The standard InChI is InChI=1S/C16H23NO3/c1-5-8-15(16(18)20-7-3)17(6-2)13-9-11-14(19-4)12-10-13/h5,9-12,15H,1,6-8H2,2-4H3. The number of hydrogen-bond acceptors (Lipinski definition) is 4. The molecule has 0 aliphatic carbocycles. The second-order valence-corrected chi connectivity index (χ2v) is 4.28. The first-order chi connectivity index (χ1) is 9.67. The fourth-order valence-electron chi connectivity index (χ4n) is 2.10. The summed E-state index contributed by atoms with van der Waals surface area (Å²) in [4.78, 5) is 14.1. The van der Waals surface area contributed by atoms with Gasteiger partial charge in [0.15, 0.2) is 0 Å². The van der Waals surface area contributed by atoms with E-state index in [0.717, 1.165) is 11.4 Å². The minimum atomic E-state index is -0.342. The molecule has 0 aromatic heterocycles. The molecular formula is C16H23NO3. The largest absolute Gasteiger partial charge is 0.497 e. The van der Waals surface area contributed by atoms with Gasteiger partial charge in [0.1, 0.15) is 11.8 Å². The fraction of sp³-hybridized carbons (Fsp3) is 0.438. The molecule has 0 saturated heterocycles. The highest BCUT2D eigenvalue weighted by Crippen LogP contribution is 2.22. The summed E-state index contributed by atoms with van der Waals surface area (Å²) in [5, 5.41) is 0. The predicted octanol–water partition coefficient (Wildman–Crippen LogP) is 3.03. The van der Waals surface area contributed by atoms with Crippen LogP contribution in [0, 0.1) is 0 Å². The number of esters is 1. The van der Waals surface area contributed by atoms with Gasteiger partial charge in [-0.15, -0.1) is 6.58 Å². The summed E-state index contributed by atoms with van der Waals surface area (Å²) in [6, 6.07) is 7.31. The summed E-state index contributed by atoms with van der Waals surface area (Å²) in [5.41, 5.74) is 0.966. The van der Waals surface area contributed by atoms with Gasteiger partial charge >= 0.3 is 5.97 Å². The Morgan fingerprint density at radius 3 is 2.45 bits per heavy atom. The predicted molar refractivity (Wildman–Crippen MR) is 81.2 cm³/mol. The Hall–Kier alpha value is -1.97. The molecule has 0 bridgehead atoms. The van der Waals surface area contributed by atoms with Crippen LogP contribution in [0.5, 0.6) is 5.75 Å². The van der Waals surface area contributed by atoms with E-state index in [1.165, 1.54) is 0 Å². The first kappa shape index (κ1) is 16.1. The van der Waals surface area contributed by atoms with Gasteiger partial charge in [-0.2, -0.15) is 0 Å². The van der Waals surface area contributed by atoms with E-state index < -0.39 is 0 Å². The molecule has 20 heavy (non-hydrogen) atoms. The highest BCUT2D eigenvalue weighted by molar-refractivity contribution is 5.80. The van der Waals surface area contributed by atoms with Gasteiger partial charge in [-0.3, -0.25) is 0 Å². The van der Waals surface area contributed by atoms with Gasteiger partial charge in [0, 0.05) is 12.2 Å². The lowest BCUT2D eigenvalue weighted by Crippen LogP contribution is -2.42. The van der Waals surface area contributed by atoms with Crippen molar-refractivity contribution in [1.29, 1.82) is 0 Å². The van der Waals surface area contributed by atoms with Crippen LogP contribution >= 0.6 is 0 Å². The van der Waals surface area contributed by atoms with Crippen LogP contribution < -0.4 is 9.64 Å². The summed E-state index contributed by atoms with van der Waals surface area (Å²) in [5.74, 6) is 0.575. The Balaban J connectivity index is 2.98. The fourth-order valence-corrected chi connectivity index (χ4v) is 2.10. The summed E-state index contributed by atoms with van der Waals surface area (Å²) in [7, 11) is 1.63. The first-order valence-corrected chi connectivity index (χ1v) is 6.86. The van der Waals surface area contributed by atoms with Gasteiger partial charge in [-0.05, 0) is 44.5 Å². The van der Waals surface area contributed by atoms with Crippen molar-refractivity contribution in [2.24, 2.45) is 0 Å². The Bertz CT molecular complexity index is 428. The van der Waals surface area contributed by atoms with Crippen LogP contribution in [0.15, 0.2) is 36.9 Å². The normalized spacial score (nSPS) is 11.6. The monoisotopic (exact) mass is 277 g/mol. The number of likely N-dealkylation sites (N-methyl/N-ethyl adjacent to an activating group) is 1. The highest BCUT2D eigenvalue weighted by atomic mass is 16.5. The number of rotatable bonds is 8. The topological polar surface area (TPSA) is 38.8 Å². The maximum atomic E-state index is 12.1. The molecule has 1 unspecified atom stereocenters. The average molecular weight is 277 g/mol. The lowest BCUT2D eigenvalue weighted by molar-refractivity contribution is -0.144. The number of anilines is 1. The van der Waals surface area contributed by atoms with Crippen molar-refractivity contribution >= 4 is 11.7 Å². The van der Waals surface area contributed by atoms with Gasteiger partial charge in [0.25, 0.3) is 0 Å². The molecule has 0 heterocycles. The highest BCUT2D eigenvalue weighted by Gasteiger charge is 2.25. The molecule has 4 nitrogen and oxygen atoms in total. The molecule has 0 N–H and O–H groups in total. The van der Waals surface area contributed by atoms with Gasteiger partial charge in [0.2, 0.25) is 0 Å². The molecule has 110 valence electrons. The summed E-state index contributed by atoms with van der Waals surface area (Å²) in [6.07, 6.45) is 2.30. The van der Waals surface area contributed by atoms with Crippen LogP contribution in [-0.2, 0) is 9.53 Å². The lowest BCUT2D eigenvalue weighted by atomic mass is 10.1. The number of ether oxygens (including phenoxy) is 2. The van der Waals surface area contributed by atoms with Gasteiger partial charge < -0.3 is 14.4 Å². The molecular weight excluding hydrogens is 254 g/mol. The minimum Gasteiger partial charge on any atom is -0.497 e. The third-order valence-electron chi connectivity index (χ3n) is 3.07. The van der Waals surface area contributed by atoms with E-state index in [-0.39, 0.29) is 12.0 Å². The van der Waals surface area contributed by atoms with E-state index in [1.54, 1.807) is 13.2 Å². The second-order valence-electron chi connectivity index (χ2n) is 4.28. The minimum absolute atomic E-state index is 0.218. The van der Waals surface area contributed by atoms with Crippen LogP contribution in [0.4, 0.5) is 5.69 Å². The summed E-state index contributed by atoms with van der Waals surface area (Å²) >= 11 is 0. The molecule has 1 rings (SSSR count). The third-order valence-corrected chi connectivity index (χ3v) is 3.07. The van der Waals surface area contributed by atoms with E-state index in [9.17, 15) is 4.79 Å². The zero-order valence-electron chi connectivity index (χ0n) is 12.5. The molecule has 0 fully saturated rings. The Morgan fingerprint density at radius 1 is 1.35 bits per heavy atom. The molecule has 0 aliphatic rings. The molecule has 0 spiro atoms. The van der Waals surface area contributed by atoms with Crippen molar-refractivity contribution < 1.29 is 14.3 Å². The van der Waals surface area contributed by atoms with Gasteiger partial charge in [-0.1, -0.05) is 6.08 Å².